The van der Waals surface area contributed by atoms with Gasteiger partial charge in [-0.2, -0.15) is 0 Å². The minimum atomic E-state index is -0.559. The molecule has 0 heterocycles. The summed E-state index contributed by atoms with van der Waals surface area (Å²) in [4.78, 5) is 0. The summed E-state index contributed by atoms with van der Waals surface area (Å²) in [5, 5.41) is 8.99. The highest BCUT2D eigenvalue weighted by Crippen LogP contribution is 1.99. The van der Waals surface area contributed by atoms with Gasteiger partial charge in [-0.05, 0) is 13.3 Å². The molecule has 62 valence electrons. The van der Waals surface area contributed by atoms with Crippen molar-refractivity contribution < 1.29 is 14.6 Å². The second kappa shape index (κ2) is 5.65. The van der Waals surface area contributed by atoms with Crippen molar-refractivity contribution in [2.45, 2.75) is 32.7 Å². The van der Waals surface area contributed by atoms with Gasteiger partial charge in [-0.15, -0.1) is 0 Å². The highest BCUT2D eigenvalue weighted by atomic mass is 16.7. The van der Waals surface area contributed by atoms with E-state index in [1.807, 2.05) is 6.92 Å². The normalized spacial score (nSPS) is 16.8. The fourth-order valence-corrected chi connectivity index (χ4v) is 0.638. The van der Waals surface area contributed by atoms with Gasteiger partial charge in [0.15, 0.2) is 6.29 Å². The maximum absolute atomic E-state index is 8.99. The van der Waals surface area contributed by atoms with E-state index in [2.05, 4.69) is 0 Å². The SMILES string of the molecule is CCCO[C@H](OC)[C@H](C)O. The van der Waals surface area contributed by atoms with Gasteiger partial charge in [0, 0.05) is 13.7 Å². The van der Waals surface area contributed by atoms with Crippen LogP contribution in [0.15, 0.2) is 0 Å². The lowest BCUT2D eigenvalue weighted by molar-refractivity contribution is -0.174. The summed E-state index contributed by atoms with van der Waals surface area (Å²) in [6.07, 6.45) is -0.0939. The molecule has 0 amide bonds. The summed E-state index contributed by atoms with van der Waals surface area (Å²) >= 11 is 0. The van der Waals surface area contributed by atoms with Gasteiger partial charge < -0.3 is 14.6 Å². The Morgan fingerprint density at radius 2 is 2.10 bits per heavy atom. The Kier molecular flexibility index (Phi) is 5.58. The lowest BCUT2D eigenvalue weighted by Crippen LogP contribution is -2.28. The molecule has 0 aliphatic heterocycles. The van der Waals surface area contributed by atoms with E-state index < -0.39 is 12.4 Å². The third-order valence-corrected chi connectivity index (χ3v) is 1.11. The van der Waals surface area contributed by atoms with Gasteiger partial charge in [0.2, 0.25) is 0 Å². The first-order valence-electron chi connectivity index (χ1n) is 3.54. The summed E-state index contributed by atoms with van der Waals surface area (Å²) in [6.45, 7) is 4.28. The van der Waals surface area contributed by atoms with Crippen LogP contribution in [0.4, 0.5) is 0 Å². The molecule has 0 fully saturated rings. The van der Waals surface area contributed by atoms with Crippen LogP contribution in [0.25, 0.3) is 0 Å². The molecular formula is C7H16O3. The average molecular weight is 148 g/mol. The molecular weight excluding hydrogens is 132 g/mol. The third kappa shape index (κ3) is 3.82. The summed E-state index contributed by atoms with van der Waals surface area (Å²) < 4.78 is 9.97. The van der Waals surface area contributed by atoms with Gasteiger partial charge in [-0.25, -0.2) is 0 Å². The molecule has 0 unspecified atom stereocenters. The van der Waals surface area contributed by atoms with Crippen LogP contribution >= 0.6 is 0 Å². The van der Waals surface area contributed by atoms with Crippen LogP contribution in [0.1, 0.15) is 20.3 Å². The largest absolute Gasteiger partial charge is 0.388 e. The first-order chi connectivity index (χ1) is 4.72. The minimum Gasteiger partial charge on any atom is -0.388 e. The van der Waals surface area contributed by atoms with Crippen molar-refractivity contribution >= 4 is 0 Å². The van der Waals surface area contributed by atoms with Crippen molar-refractivity contribution in [3.63, 3.8) is 0 Å². The molecule has 0 aromatic carbocycles. The van der Waals surface area contributed by atoms with Gasteiger partial charge in [-0.1, -0.05) is 6.92 Å². The van der Waals surface area contributed by atoms with Crippen LogP contribution in [-0.2, 0) is 9.47 Å². The van der Waals surface area contributed by atoms with Crippen molar-refractivity contribution in [2.75, 3.05) is 13.7 Å². The zero-order chi connectivity index (χ0) is 7.98. The number of hydrogen-bond donors (Lipinski definition) is 1. The Balaban J connectivity index is 3.40. The van der Waals surface area contributed by atoms with Crippen LogP contribution in [0.3, 0.4) is 0 Å². The van der Waals surface area contributed by atoms with Gasteiger partial charge in [-0.3, -0.25) is 0 Å². The molecule has 0 rings (SSSR count). The number of rotatable bonds is 5. The monoisotopic (exact) mass is 148 g/mol. The highest BCUT2D eigenvalue weighted by molar-refractivity contribution is 4.50. The van der Waals surface area contributed by atoms with Gasteiger partial charge in [0.05, 0.1) is 0 Å². The van der Waals surface area contributed by atoms with E-state index in [1.54, 1.807) is 6.92 Å². The first kappa shape index (κ1) is 9.88. The second-order valence-electron chi connectivity index (χ2n) is 2.22. The summed E-state index contributed by atoms with van der Waals surface area (Å²) in [5.41, 5.74) is 0. The molecule has 10 heavy (non-hydrogen) atoms. The van der Waals surface area contributed by atoms with Crippen molar-refractivity contribution in [1.29, 1.82) is 0 Å². The van der Waals surface area contributed by atoms with Crippen LogP contribution < -0.4 is 0 Å². The van der Waals surface area contributed by atoms with Gasteiger partial charge in [0.25, 0.3) is 0 Å². The predicted octanol–water partition coefficient (Wildman–Crippen LogP) is 0.766. The van der Waals surface area contributed by atoms with E-state index in [0.717, 1.165) is 6.42 Å². The Morgan fingerprint density at radius 1 is 1.50 bits per heavy atom. The molecule has 0 aromatic rings. The highest BCUT2D eigenvalue weighted by Gasteiger charge is 2.12. The van der Waals surface area contributed by atoms with Crippen LogP contribution in [0.5, 0.6) is 0 Å². The molecule has 0 radical (unpaired) electrons. The Hall–Kier alpha value is -0.120. The number of aliphatic hydroxyl groups excluding tert-OH is 1. The van der Waals surface area contributed by atoms with E-state index in [9.17, 15) is 0 Å². The van der Waals surface area contributed by atoms with Gasteiger partial charge in [0.1, 0.15) is 6.10 Å². The Labute approximate surface area is 62.0 Å². The number of hydrogen-bond acceptors (Lipinski definition) is 3. The van der Waals surface area contributed by atoms with Gasteiger partial charge >= 0.3 is 0 Å². The minimum absolute atomic E-state index is 0.472. The van der Waals surface area contributed by atoms with Crippen molar-refractivity contribution in [3.05, 3.63) is 0 Å². The number of ether oxygens (including phenoxy) is 2. The molecule has 0 saturated heterocycles. The molecule has 0 aromatic heterocycles. The summed E-state index contributed by atoms with van der Waals surface area (Å²) in [6, 6.07) is 0. The topological polar surface area (TPSA) is 38.7 Å². The first-order valence-corrected chi connectivity index (χ1v) is 3.54. The maximum Gasteiger partial charge on any atom is 0.182 e. The molecule has 3 heteroatoms. The van der Waals surface area contributed by atoms with E-state index in [4.69, 9.17) is 14.6 Å². The quantitative estimate of drug-likeness (QED) is 0.585. The van der Waals surface area contributed by atoms with Crippen molar-refractivity contribution in [1.82, 2.24) is 0 Å². The number of aliphatic hydroxyl groups is 1. The molecule has 3 nitrogen and oxygen atoms in total. The van der Waals surface area contributed by atoms with E-state index in [1.165, 1.54) is 7.11 Å². The zero-order valence-electron chi connectivity index (χ0n) is 6.83. The fourth-order valence-electron chi connectivity index (χ4n) is 0.638. The van der Waals surface area contributed by atoms with Crippen LogP contribution in [0.2, 0.25) is 0 Å². The summed E-state index contributed by atoms with van der Waals surface area (Å²) in [7, 11) is 1.52. The molecule has 0 saturated carbocycles. The Morgan fingerprint density at radius 3 is 2.40 bits per heavy atom. The molecule has 0 spiro atoms. The molecule has 2 atom stereocenters. The van der Waals surface area contributed by atoms with Crippen LogP contribution in [0, 0.1) is 0 Å². The number of methoxy groups -OCH3 is 1. The zero-order valence-corrected chi connectivity index (χ0v) is 6.83. The maximum atomic E-state index is 8.99. The molecule has 0 aliphatic rings. The fraction of sp³-hybridized carbons (Fsp3) is 1.00. The lowest BCUT2D eigenvalue weighted by Gasteiger charge is -2.17. The standard InChI is InChI=1S/C7H16O3/c1-4-5-10-7(9-3)6(2)8/h6-8H,4-5H2,1-3H3/t6-,7-/m0/s1. The molecule has 0 aliphatic carbocycles. The average Bonchev–Trinajstić information content (AvgIpc) is 1.89. The van der Waals surface area contributed by atoms with E-state index in [-0.39, 0.29) is 0 Å². The van der Waals surface area contributed by atoms with E-state index >= 15 is 0 Å². The Bertz CT molecular complexity index is 73.3. The van der Waals surface area contributed by atoms with Crippen LogP contribution in [-0.4, -0.2) is 31.2 Å². The molecule has 1 N–H and O–H groups in total. The lowest BCUT2D eigenvalue weighted by atomic mass is 10.4. The van der Waals surface area contributed by atoms with Crippen molar-refractivity contribution in [3.8, 4) is 0 Å². The smallest absolute Gasteiger partial charge is 0.182 e. The second-order valence-corrected chi connectivity index (χ2v) is 2.22. The van der Waals surface area contributed by atoms with E-state index in [0.29, 0.717) is 6.61 Å². The predicted molar refractivity (Wildman–Crippen MR) is 38.7 cm³/mol. The third-order valence-electron chi connectivity index (χ3n) is 1.11. The summed E-state index contributed by atoms with van der Waals surface area (Å²) in [5.74, 6) is 0. The molecule has 0 bridgehead atoms. The van der Waals surface area contributed by atoms with Crippen molar-refractivity contribution in [2.24, 2.45) is 0 Å².